The molecule has 0 radical (unpaired) electrons. The SMILES string of the molecule is Cc1cc(-c2ccc(N=Nc3c([S+](=O)([O-])[O-])cc4cc([S+](=O)([O-])[O-])cc(N)c4c3O)c(C)c2)ccc1N=Nc1c([S+](=O)([O-])[O-])cc2cc([S+](=O)([O-])[O-])cc(C)c2c1O. The van der Waals surface area contributed by atoms with E-state index in [2.05, 4.69) is 20.5 Å². The Morgan fingerprint density at radius 2 is 0.879 bits per heavy atom. The number of nitrogen functional groups attached to an aromatic ring is 1. The zero-order valence-corrected chi connectivity index (χ0v) is 33.0. The third-order valence-electron chi connectivity index (χ3n) is 8.83. The zero-order valence-electron chi connectivity index (χ0n) is 29.7. The van der Waals surface area contributed by atoms with Crippen molar-refractivity contribution in [2.24, 2.45) is 20.5 Å². The van der Waals surface area contributed by atoms with Gasteiger partial charge in [-0.1, -0.05) is 12.1 Å². The van der Waals surface area contributed by atoms with E-state index in [1.807, 2.05) is 0 Å². The van der Waals surface area contributed by atoms with E-state index in [0.29, 0.717) is 22.3 Å². The summed E-state index contributed by atoms with van der Waals surface area (Å²) in [6, 6.07) is 14.4. The number of hydrogen-bond donors (Lipinski definition) is 3. The summed E-state index contributed by atoms with van der Waals surface area (Å²) in [6.45, 7) is 4.62. The second-order valence-corrected chi connectivity index (χ2v) is 18.3. The Bertz CT molecular complexity index is 2790. The number of nitrogens with zero attached hydrogens (tertiary/aromatic N) is 4. The molecule has 0 aliphatic rings. The Labute approximate surface area is 332 Å². The van der Waals surface area contributed by atoms with Gasteiger partial charge in [-0.05, 0) is 89.7 Å². The highest BCUT2D eigenvalue weighted by Gasteiger charge is 2.26. The first kappa shape index (κ1) is 42.3. The molecule has 0 bridgehead atoms. The maximum Gasteiger partial charge on any atom is 0.185 e. The van der Waals surface area contributed by atoms with Crippen LogP contribution in [0.3, 0.4) is 0 Å². The summed E-state index contributed by atoms with van der Waals surface area (Å²) in [5, 5.41) is 36.9. The molecule has 0 heterocycles. The van der Waals surface area contributed by atoms with Gasteiger partial charge in [0, 0.05) is 88.8 Å². The van der Waals surface area contributed by atoms with E-state index in [1.165, 1.54) is 19.1 Å². The van der Waals surface area contributed by atoms with Crippen LogP contribution in [-0.2, 0) is 58.8 Å². The maximum atomic E-state index is 12.2. The van der Waals surface area contributed by atoms with Crippen molar-refractivity contribution in [1.29, 1.82) is 0 Å². The first-order valence-electron chi connectivity index (χ1n) is 16.0. The van der Waals surface area contributed by atoms with Gasteiger partial charge in [0.25, 0.3) is 0 Å². The minimum absolute atomic E-state index is 0.0661. The molecule has 23 heteroatoms. The fourth-order valence-corrected chi connectivity index (χ4v) is 8.55. The molecule has 19 nitrogen and oxygen atoms in total. The van der Waals surface area contributed by atoms with Gasteiger partial charge in [0.2, 0.25) is 0 Å². The van der Waals surface area contributed by atoms with E-state index < -0.39 is 90.1 Å². The summed E-state index contributed by atoms with van der Waals surface area (Å²) in [7, 11) is -20.7. The first-order valence-corrected chi connectivity index (χ1v) is 21.7. The molecule has 0 saturated heterocycles. The monoisotopic (exact) mass is 867 g/mol. The lowest BCUT2D eigenvalue weighted by Gasteiger charge is -2.21. The summed E-state index contributed by atoms with van der Waals surface area (Å²) in [5.41, 5.74) is 6.62. The second-order valence-electron chi connectivity index (χ2n) is 12.8. The number of benzene rings is 6. The minimum atomic E-state index is -5.35. The summed E-state index contributed by atoms with van der Waals surface area (Å²) in [5.74, 6) is -1.70. The molecule has 0 aromatic heterocycles. The zero-order chi connectivity index (χ0) is 42.9. The molecule has 6 aromatic rings. The Morgan fingerprint density at radius 1 is 0.483 bits per heavy atom. The Hall–Kier alpha value is -5.28. The number of phenolic OH excluding ortho intramolecular Hbond substituents is 2. The van der Waals surface area contributed by atoms with Crippen LogP contribution >= 0.6 is 0 Å². The van der Waals surface area contributed by atoms with Gasteiger partial charge in [0.15, 0.2) is 42.5 Å². The average molecular weight is 868 g/mol. The van der Waals surface area contributed by atoms with Crippen LogP contribution in [0.1, 0.15) is 16.7 Å². The quantitative estimate of drug-likeness (QED) is 0.0756. The Kier molecular flexibility index (Phi) is 10.8. The van der Waals surface area contributed by atoms with Gasteiger partial charge in [-0.15, -0.1) is 37.3 Å². The van der Waals surface area contributed by atoms with Gasteiger partial charge in [-0.2, -0.15) is 0 Å². The Balaban J connectivity index is 1.33. The number of rotatable bonds is 9. The van der Waals surface area contributed by atoms with E-state index in [9.17, 15) is 63.5 Å². The predicted molar refractivity (Wildman–Crippen MR) is 202 cm³/mol. The number of anilines is 1. The molecule has 0 aliphatic heterocycles. The molecular formula is C35H25N5O14S4-4. The molecule has 58 heavy (non-hydrogen) atoms. The molecule has 0 saturated carbocycles. The molecule has 0 amide bonds. The highest BCUT2D eigenvalue weighted by atomic mass is 32.3. The van der Waals surface area contributed by atoms with Crippen molar-refractivity contribution in [3.63, 3.8) is 0 Å². The molecule has 0 fully saturated rings. The average Bonchev–Trinajstić information content (AvgIpc) is 3.09. The van der Waals surface area contributed by atoms with Crippen LogP contribution in [0.2, 0.25) is 0 Å². The van der Waals surface area contributed by atoms with Crippen LogP contribution in [-0.4, -0.2) is 46.6 Å². The second kappa shape index (κ2) is 14.8. The third-order valence-corrected chi connectivity index (χ3v) is 12.2. The molecule has 0 spiro atoms. The van der Waals surface area contributed by atoms with E-state index in [4.69, 9.17) is 5.73 Å². The number of fused-ring (bicyclic) bond motifs is 2. The summed E-state index contributed by atoms with van der Waals surface area (Å²) in [4.78, 5) is -3.60. The highest BCUT2D eigenvalue weighted by Crippen LogP contribution is 2.47. The number of nitrogens with two attached hydrogens (primary N) is 1. The number of phenols is 2. The molecule has 0 atom stereocenters. The van der Waals surface area contributed by atoms with Gasteiger partial charge >= 0.3 is 0 Å². The summed E-state index contributed by atoms with van der Waals surface area (Å²) >= 11 is 0. The van der Waals surface area contributed by atoms with Crippen LogP contribution in [0.4, 0.5) is 28.4 Å². The highest BCUT2D eigenvalue weighted by molar-refractivity contribution is 7.93. The van der Waals surface area contributed by atoms with Gasteiger partial charge in [-0.25, -0.2) is 0 Å². The molecule has 4 N–H and O–H groups in total. The van der Waals surface area contributed by atoms with Crippen LogP contribution < -0.4 is 5.73 Å². The first-order chi connectivity index (χ1) is 26.8. The molecule has 6 aromatic carbocycles. The van der Waals surface area contributed by atoms with Crippen molar-refractivity contribution >= 4 is 92.0 Å². The maximum absolute atomic E-state index is 12.2. The fraction of sp³-hybridized carbons (Fsp3) is 0.0857. The fourth-order valence-electron chi connectivity index (χ4n) is 6.12. The number of hydrogen-bond acceptors (Lipinski definition) is 19. The molecule has 0 unspecified atom stereocenters. The number of azo groups is 2. The van der Waals surface area contributed by atoms with Crippen molar-refractivity contribution in [3.8, 4) is 22.6 Å². The topological polar surface area (TPSA) is 369 Å². The van der Waals surface area contributed by atoms with Crippen LogP contribution in [0.15, 0.2) is 113 Å². The van der Waals surface area contributed by atoms with E-state index >= 15 is 0 Å². The normalized spacial score (nSPS) is 13.1. The molecule has 302 valence electrons. The smallest absolute Gasteiger partial charge is 0.185 e. The number of aromatic hydroxyl groups is 2. The standard InChI is InChI=1S/C35H25N5O14S4/c1-16-8-19(4-6-26(16)37-39-32-28(57(49,50)51)13-21-11-23(55(43,44)45)10-18(3)30(21)34(32)41)20-5-7-27(17(2)9-20)38-40-33-29(58(52,53)54)14-22-12-24(56(46,47)48)15-25(36)31(22)35(33)42/h4-15H,1-3H3,(H4-8,36,37,38,39,40,41,42,43,44,45,46,47,48,49,50,51,52,53,54)/q-4. The van der Waals surface area contributed by atoms with Gasteiger partial charge in [0.1, 0.15) is 0 Å². The minimum Gasteiger partial charge on any atom is -0.612 e. The van der Waals surface area contributed by atoms with Crippen molar-refractivity contribution < 1.29 is 63.5 Å². The van der Waals surface area contributed by atoms with Crippen LogP contribution in [0.5, 0.6) is 11.5 Å². The largest absolute Gasteiger partial charge is 0.612 e. The van der Waals surface area contributed by atoms with E-state index in [0.717, 1.165) is 36.4 Å². The van der Waals surface area contributed by atoms with E-state index in [1.54, 1.807) is 38.1 Å². The predicted octanol–water partition coefficient (Wildman–Crippen LogP) is 6.89. The van der Waals surface area contributed by atoms with Crippen molar-refractivity contribution in [2.45, 2.75) is 40.4 Å². The lowest BCUT2D eigenvalue weighted by atomic mass is 10.0. The lowest BCUT2D eigenvalue weighted by molar-refractivity contribution is 0.367. The van der Waals surface area contributed by atoms with Crippen molar-refractivity contribution in [1.82, 2.24) is 0 Å². The van der Waals surface area contributed by atoms with Crippen molar-refractivity contribution in [3.05, 3.63) is 89.5 Å². The Morgan fingerprint density at radius 3 is 1.28 bits per heavy atom. The van der Waals surface area contributed by atoms with Crippen molar-refractivity contribution in [2.75, 3.05) is 5.73 Å². The van der Waals surface area contributed by atoms with Crippen LogP contribution in [0.25, 0.3) is 32.7 Å². The van der Waals surface area contributed by atoms with Crippen LogP contribution in [0, 0.1) is 20.8 Å². The summed E-state index contributed by atoms with van der Waals surface area (Å²) in [6.07, 6.45) is 0. The molecule has 0 aliphatic carbocycles. The van der Waals surface area contributed by atoms with Gasteiger partial charge < -0.3 is 52.4 Å². The van der Waals surface area contributed by atoms with Gasteiger partial charge in [0.05, 0.1) is 11.4 Å². The van der Waals surface area contributed by atoms with E-state index in [-0.39, 0.29) is 38.5 Å². The summed E-state index contributed by atoms with van der Waals surface area (Å²) < 4.78 is 142. The van der Waals surface area contributed by atoms with Gasteiger partial charge in [-0.3, -0.25) is 0 Å². The lowest BCUT2D eigenvalue weighted by Crippen LogP contribution is -2.10. The number of aryl methyl sites for hydroxylation is 3. The molecule has 6 rings (SSSR count). The third kappa shape index (κ3) is 8.33. The molecular weight excluding hydrogens is 843 g/mol.